The average molecular weight is 310 g/mol. The fourth-order valence-electron chi connectivity index (χ4n) is 3.39. The zero-order chi connectivity index (χ0) is 14.6. The summed E-state index contributed by atoms with van der Waals surface area (Å²) >= 11 is 0.104. The first-order valence-corrected chi connectivity index (χ1v) is 8.62. The van der Waals surface area contributed by atoms with Gasteiger partial charge in [0, 0.05) is 37.5 Å². The maximum atomic E-state index is 12.2. The van der Waals surface area contributed by atoms with Crippen LogP contribution in [0.25, 0.3) is 0 Å². The zero-order valence-electron chi connectivity index (χ0n) is 12.1. The van der Waals surface area contributed by atoms with E-state index in [1.807, 2.05) is 0 Å². The first-order chi connectivity index (χ1) is 9.46. The second-order valence-corrected chi connectivity index (χ2v) is 7.21. The Labute approximate surface area is 123 Å². The molecule has 0 aromatic rings. The van der Waals surface area contributed by atoms with Crippen molar-refractivity contribution in [1.82, 2.24) is 10.2 Å². The molecule has 2 rings (SSSR count). The highest BCUT2D eigenvalue weighted by atomic mass is 32.2. The monoisotopic (exact) mass is 310 g/mol. The van der Waals surface area contributed by atoms with Crippen molar-refractivity contribution < 1.29 is 13.2 Å². The van der Waals surface area contributed by atoms with E-state index < -0.39 is 5.51 Å². The van der Waals surface area contributed by atoms with Gasteiger partial charge < -0.3 is 5.32 Å². The highest BCUT2D eigenvalue weighted by Crippen LogP contribution is 2.31. The van der Waals surface area contributed by atoms with Crippen molar-refractivity contribution in [3.8, 4) is 0 Å². The van der Waals surface area contributed by atoms with Crippen LogP contribution in [-0.4, -0.2) is 47.9 Å². The fourth-order valence-corrected chi connectivity index (χ4v) is 3.95. The average Bonchev–Trinajstić information content (AvgIpc) is 2.40. The van der Waals surface area contributed by atoms with Crippen molar-refractivity contribution in [3.05, 3.63) is 0 Å². The number of hydrogen-bond donors (Lipinski definition) is 1. The third kappa shape index (κ3) is 5.11. The van der Waals surface area contributed by atoms with Gasteiger partial charge in [0.05, 0.1) is 0 Å². The molecule has 1 saturated heterocycles. The summed E-state index contributed by atoms with van der Waals surface area (Å²) in [4.78, 5) is 2.23. The van der Waals surface area contributed by atoms with Gasteiger partial charge in [0.15, 0.2) is 0 Å². The number of hydrogen-bond acceptors (Lipinski definition) is 3. The van der Waals surface area contributed by atoms with Crippen LogP contribution in [0.1, 0.15) is 39.0 Å². The van der Waals surface area contributed by atoms with E-state index in [2.05, 4.69) is 17.1 Å². The molecule has 0 amide bonds. The van der Waals surface area contributed by atoms with Crippen LogP contribution in [0.4, 0.5) is 13.2 Å². The molecule has 2 aliphatic rings. The molecule has 118 valence electrons. The molecule has 1 aliphatic heterocycles. The number of rotatable bonds is 4. The molecule has 2 fully saturated rings. The lowest BCUT2D eigenvalue weighted by Gasteiger charge is -2.42. The number of halogens is 3. The molecule has 1 heterocycles. The Morgan fingerprint density at radius 2 is 1.90 bits per heavy atom. The van der Waals surface area contributed by atoms with Crippen molar-refractivity contribution in [2.45, 2.75) is 56.6 Å². The lowest BCUT2D eigenvalue weighted by molar-refractivity contribution is -0.0329. The lowest BCUT2D eigenvalue weighted by Crippen LogP contribution is -2.58. The van der Waals surface area contributed by atoms with Gasteiger partial charge in [-0.1, -0.05) is 19.3 Å². The van der Waals surface area contributed by atoms with Crippen molar-refractivity contribution >= 4 is 11.8 Å². The van der Waals surface area contributed by atoms with Crippen molar-refractivity contribution in [1.29, 1.82) is 0 Å². The summed E-state index contributed by atoms with van der Waals surface area (Å²) in [6.07, 6.45) is 6.50. The maximum absolute atomic E-state index is 12.2. The molecule has 2 unspecified atom stereocenters. The smallest absolute Gasteiger partial charge is 0.311 e. The van der Waals surface area contributed by atoms with E-state index in [-0.39, 0.29) is 17.5 Å². The second-order valence-electron chi connectivity index (χ2n) is 6.05. The Kier molecular flexibility index (Phi) is 6.05. The molecule has 6 heteroatoms. The molecule has 0 bridgehead atoms. The molecule has 1 aliphatic carbocycles. The summed E-state index contributed by atoms with van der Waals surface area (Å²) in [6, 6.07) is 0.811. The van der Waals surface area contributed by atoms with Crippen LogP contribution in [0.2, 0.25) is 0 Å². The Morgan fingerprint density at radius 1 is 1.20 bits per heavy atom. The minimum atomic E-state index is -4.10. The highest BCUT2D eigenvalue weighted by Gasteiger charge is 2.32. The Hall–Kier alpha value is 0.0600. The summed E-state index contributed by atoms with van der Waals surface area (Å²) in [6.45, 7) is 4.45. The van der Waals surface area contributed by atoms with Gasteiger partial charge in [-0.05, 0) is 37.4 Å². The molecule has 1 N–H and O–H groups in total. The van der Waals surface area contributed by atoms with E-state index in [0.717, 1.165) is 13.1 Å². The molecule has 1 saturated carbocycles. The third-order valence-electron chi connectivity index (χ3n) is 4.59. The predicted molar refractivity (Wildman–Crippen MR) is 77.9 cm³/mol. The van der Waals surface area contributed by atoms with Crippen LogP contribution in [0.3, 0.4) is 0 Å². The summed E-state index contributed by atoms with van der Waals surface area (Å²) < 4.78 is 36.6. The van der Waals surface area contributed by atoms with Crippen LogP contribution >= 0.6 is 11.8 Å². The van der Waals surface area contributed by atoms with Gasteiger partial charge in [0.2, 0.25) is 0 Å². The van der Waals surface area contributed by atoms with Crippen molar-refractivity contribution in [2.75, 3.05) is 25.4 Å². The summed E-state index contributed by atoms with van der Waals surface area (Å²) in [7, 11) is 0. The minimum absolute atomic E-state index is 0.104. The van der Waals surface area contributed by atoms with Crippen LogP contribution in [0.5, 0.6) is 0 Å². The molecular formula is C14H25F3N2S. The largest absolute Gasteiger partial charge is 0.441 e. The van der Waals surface area contributed by atoms with E-state index >= 15 is 0 Å². The molecule has 0 spiro atoms. The number of thioether (sulfide) groups is 1. The van der Waals surface area contributed by atoms with Crippen molar-refractivity contribution in [3.63, 3.8) is 0 Å². The van der Waals surface area contributed by atoms with Crippen LogP contribution in [0, 0.1) is 5.92 Å². The third-order valence-corrected chi connectivity index (χ3v) is 5.31. The van der Waals surface area contributed by atoms with E-state index in [1.165, 1.54) is 32.1 Å². The van der Waals surface area contributed by atoms with E-state index in [9.17, 15) is 13.2 Å². The normalized spacial score (nSPS) is 30.6. The molecule has 2 nitrogen and oxygen atoms in total. The maximum Gasteiger partial charge on any atom is 0.441 e. The van der Waals surface area contributed by atoms with Crippen LogP contribution < -0.4 is 5.32 Å². The zero-order valence-corrected chi connectivity index (χ0v) is 12.9. The van der Waals surface area contributed by atoms with Gasteiger partial charge in [-0.25, -0.2) is 0 Å². The van der Waals surface area contributed by atoms with Crippen LogP contribution in [-0.2, 0) is 0 Å². The van der Waals surface area contributed by atoms with E-state index in [1.54, 1.807) is 0 Å². The van der Waals surface area contributed by atoms with E-state index in [4.69, 9.17) is 0 Å². The number of nitrogens with zero attached hydrogens (tertiary/aromatic N) is 1. The van der Waals surface area contributed by atoms with Crippen molar-refractivity contribution in [2.24, 2.45) is 5.92 Å². The second kappa shape index (κ2) is 7.36. The minimum Gasteiger partial charge on any atom is -0.311 e. The number of nitrogens with one attached hydrogen (secondary N) is 1. The quantitative estimate of drug-likeness (QED) is 0.856. The van der Waals surface area contributed by atoms with Gasteiger partial charge >= 0.3 is 5.51 Å². The highest BCUT2D eigenvalue weighted by molar-refractivity contribution is 8.00. The molecule has 0 radical (unpaired) electrons. The Morgan fingerprint density at radius 3 is 2.55 bits per heavy atom. The first-order valence-electron chi connectivity index (χ1n) is 7.64. The fraction of sp³-hybridized carbons (Fsp3) is 1.00. The van der Waals surface area contributed by atoms with Gasteiger partial charge in [0.25, 0.3) is 0 Å². The lowest BCUT2D eigenvalue weighted by atomic mass is 9.82. The van der Waals surface area contributed by atoms with E-state index in [0.29, 0.717) is 24.5 Å². The first kappa shape index (κ1) is 16.4. The molecular weight excluding hydrogens is 285 g/mol. The molecule has 0 aromatic carbocycles. The van der Waals surface area contributed by atoms with Gasteiger partial charge in [0.1, 0.15) is 0 Å². The van der Waals surface area contributed by atoms with Crippen LogP contribution in [0.15, 0.2) is 0 Å². The summed E-state index contributed by atoms with van der Waals surface area (Å²) in [5.74, 6) is 0.861. The summed E-state index contributed by atoms with van der Waals surface area (Å²) in [5.41, 5.74) is -4.10. The number of piperazine rings is 1. The SMILES string of the molecule is CC1CNC(C2CCCCC2)CN1CCSC(F)(F)F. The molecule has 20 heavy (non-hydrogen) atoms. The van der Waals surface area contributed by atoms with Gasteiger partial charge in [-0.3, -0.25) is 4.90 Å². The predicted octanol–water partition coefficient (Wildman–Crippen LogP) is 3.48. The number of alkyl halides is 3. The summed E-state index contributed by atoms with van der Waals surface area (Å²) in [5, 5.41) is 3.60. The Balaban J connectivity index is 1.78. The topological polar surface area (TPSA) is 15.3 Å². The van der Waals surface area contributed by atoms with Gasteiger partial charge in [-0.15, -0.1) is 0 Å². The Bertz CT molecular complexity index is 293. The molecule has 0 aromatic heterocycles. The van der Waals surface area contributed by atoms with Gasteiger partial charge in [-0.2, -0.15) is 13.2 Å². The molecule has 2 atom stereocenters. The standard InChI is InChI=1S/C14H25F3N2S/c1-11-9-18-13(12-5-3-2-4-6-12)10-19(11)7-8-20-14(15,16)17/h11-13,18H,2-10H2,1H3.